The van der Waals surface area contributed by atoms with Crippen LogP contribution in [0.25, 0.3) is 11.4 Å². The predicted molar refractivity (Wildman–Crippen MR) is 168 cm³/mol. The monoisotopic (exact) mass is 603 g/mol. The fourth-order valence-electron chi connectivity index (χ4n) is 6.62. The predicted octanol–water partition coefficient (Wildman–Crippen LogP) is 4.03. The van der Waals surface area contributed by atoms with Gasteiger partial charge in [0.2, 0.25) is 5.91 Å². The number of anilines is 3. The number of imidazole rings is 1. The second-order valence-electron chi connectivity index (χ2n) is 12.3. The summed E-state index contributed by atoms with van der Waals surface area (Å²) in [6, 6.07) is 7.08. The van der Waals surface area contributed by atoms with E-state index in [9.17, 15) is 14.0 Å². The number of hydrogen-bond acceptors (Lipinski definition) is 8. The molecule has 1 aliphatic carbocycles. The molecule has 1 saturated carbocycles. The summed E-state index contributed by atoms with van der Waals surface area (Å²) in [6.45, 7) is 7.36. The Hall–Kier alpha value is -4.06. The first kappa shape index (κ1) is 30.0. The lowest BCUT2D eigenvalue weighted by Crippen LogP contribution is -2.49. The summed E-state index contributed by atoms with van der Waals surface area (Å²) in [7, 11) is 0. The molecule has 0 bridgehead atoms. The Morgan fingerprint density at radius 2 is 1.84 bits per heavy atom. The molecule has 3 aromatic rings. The van der Waals surface area contributed by atoms with E-state index < -0.39 is 5.91 Å². The number of nitrogens with zero attached hydrogens (tertiary/aromatic N) is 5. The van der Waals surface area contributed by atoms with Crippen molar-refractivity contribution >= 4 is 29.0 Å². The molecule has 12 heteroatoms. The minimum atomic E-state index is -0.472. The van der Waals surface area contributed by atoms with Crippen molar-refractivity contribution in [1.82, 2.24) is 30.6 Å². The largest absolute Gasteiger partial charge is 0.365 e. The number of piperidine rings is 1. The molecule has 2 aromatic heterocycles. The van der Waals surface area contributed by atoms with Crippen LogP contribution < -0.4 is 25.8 Å². The number of hydrogen-bond donors (Lipinski definition) is 4. The van der Waals surface area contributed by atoms with Gasteiger partial charge >= 0.3 is 0 Å². The Bertz CT molecular complexity index is 1480. The number of H-pyrrole nitrogens is 1. The number of carbonyl (C=O) groups excluding carboxylic acids is 2. The van der Waals surface area contributed by atoms with E-state index >= 15 is 0 Å². The van der Waals surface area contributed by atoms with Crippen molar-refractivity contribution in [1.29, 1.82) is 0 Å². The summed E-state index contributed by atoms with van der Waals surface area (Å²) in [5.41, 5.74) is 1.95. The first-order valence-electron chi connectivity index (χ1n) is 15.9. The number of para-hydroxylation sites is 1. The van der Waals surface area contributed by atoms with E-state index in [0.29, 0.717) is 54.3 Å². The van der Waals surface area contributed by atoms with Gasteiger partial charge in [-0.3, -0.25) is 9.59 Å². The van der Waals surface area contributed by atoms with Crippen LogP contribution in [0.3, 0.4) is 0 Å². The van der Waals surface area contributed by atoms with Crippen LogP contribution in [-0.2, 0) is 4.79 Å². The van der Waals surface area contributed by atoms with E-state index in [1.807, 2.05) is 17.9 Å². The molecule has 0 radical (unpaired) electrons. The molecular formula is C32H42FN9O2. The molecule has 2 atom stereocenters. The van der Waals surface area contributed by atoms with Crippen molar-refractivity contribution in [3.8, 4) is 11.4 Å². The van der Waals surface area contributed by atoms with Gasteiger partial charge in [-0.25, -0.2) is 19.3 Å². The molecule has 2 saturated heterocycles. The van der Waals surface area contributed by atoms with Crippen molar-refractivity contribution in [2.24, 2.45) is 5.92 Å². The van der Waals surface area contributed by atoms with Crippen LogP contribution in [0, 0.1) is 18.7 Å². The second-order valence-corrected chi connectivity index (χ2v) is 12.3. The van der Waals surface area contributed by atoms with E-state index in [-0.39, 0.29) is 29.5 Å². The number of benzene rings is 1. The third-order valence-electron chi connectivity index (χ3n) is 9.06. The number of aryl methyl sites for hydroxylation is 1. The van der Waals surface area contributed by atoms with Gasteiger partial charge in [0.15, 0.2) is 5.82 Å². The van der Waals surface area contributed by atoms with Crippen LogP contribution in [-0.4, -0.2) is 76.6 Å². The maximum absolute atomic E-state index is 14.9. The van der Waals surface area contributed by atoms with E-state index in [2.05, 4.69) is 42.7 Å². The molecule has 2 aliphatic heterocycles. The summed E-state index contributed by atoms with van der Waals surface area (Å²) >= 11 is 0. The number of amides is 2. The van der Waals surface area contributed by atoms with Gasteiger partial charge in [-0.15, -0.1) is 0 Å². The first-order chi connectivity index (χ1) is 21.4. The zero-order valence-electron chi connectivity index (χ0n) is 25.5. The molecule has 0 spiro atoms. The van der Waals surface area contributed by atoms with Gasteiger partial charge in [0, 0.05) is 50.9 Å². The van der Waals surface area contributed by atoms with Gasteiger partial charge < -0.3 is 30.7 Å². The van der Waals surface area contributed by atoms with Gasteiger partial charge in [-0.1, -0.05) is 25.3 Å². The van der Waals surface area contributed by atoms with Crippen LogP contribution in [0.4, 0.5) is 21.6 Å². The number of halogens is 1. The number of aromatic amines is 1. The lowest BCUT2D eigenvalue weighted by molar-refractivity contribution is -0.126. The molecule has 3 aliphatic rings. The lowest BCUT2D eigenvalue weighted by Gasteiger charge is -2.39. The fourth-order valence-corrected chi connectivity index (χ4v) is 6.62. The average Bonchev–Trinajstić information content (AvgIpc) is 3.53. The maximum Gasteiger partial charge on any atom is 0.291 e. The summed E-state index contributed by atoms with van der Waals surface area (Å²) in [5.74, 6) is 0.621. The highest BCUT2D eigenvalue weighted by Gasteiger charge is 2.32. The highest BCUT2D eigenvalue weighted by atomic mass is 19.1. The second kappa shape index (κ2) is 13.3. The lowest BCUT2D eigenvalue weighted by atomic mass is 9.91. The Morgan fingerprint density at radius 3 is 2.64 bits per heavy atom. The molecule has 4 heterocycles. The van der Waals surface area contributed by atoms with Gasteiger partial charge in [0.1, 0.15) is 17.5 Å². The van der Waals surface area contributed by atoms with Crippen LogP contribution in [0.1, 0.15) is 68.3 Å². The summed E-state index contributed by atoms with van der Waals surface area (Å²) in [6.07, 6.45) is 9.07. The average molecular weight is 604 g/mol. The normalized spacial score (nSPS) is 21.2. The maximum atomic E-state index is 14.9. The third-order valence-corrected chi connectivity index (χ3v) is 9.06. The molecule has 2 unspecified atom stereocenters. The SMILES string of the molecule is Cc1nc(-c2cnc(C(=O)Nc3cccc(F)c3N3CCNCC3)[nH]2)cc(N2CC(C(=O)NC3CCCCC3)CCC2C)n1. The van der Waals surface area contributed by atoms with Crippen molar-refractivity contribution < 1.29 is 14.0 Å². The number of carbonyl (C=O) groups is 2. The summed E-state index contributed by atoms with van der Waals surface area (Å²) in [5, 5.41) is 9.41. The van der Waals surface area contributed by atoms with Gasteiger partial charge in [-0.2, -0.15) is 0 Å². The van der Waals surface area contributed by atoms with Crippen LogP contribution in [0.5, 0.6) is 0 Å². The fraction of sp³-hybridized carbons (Fsp3) is 0.531. The molecular weight excluding hydrogens is 561 g/mol. The van der Waals surface area contributed by atoms with Crippen molar-refractivity contribution in [2.75, 3.05) is 47.8 Å². The minimum Gasteiger partial charge on any atom is -0.365 e. The Morgan fingerprint density at radius 1 is 1.05 bits per heavy atom. The molecule has 44 heavy (non-hydrogen) atoms. The van der Waals surface area contributed by atoms with Crippen molar-refractivity contribution in [2.45, 2.75) is 70.9 Å². The molecule has 3 fully saturated rings. The third kappa shape index (κ3) is 6.69. The van der Waals surface area contributed by atoms with E-state index in [0.717, 1.165) is 44.6 Å². The highest BCUT2D eigenvalue weighted by Crippen LogP contribution is 2.31. The van der Waals surface area contributed by atoms with Crippen LogP contribution >= 0.6 is 0 Å². The summed E-state index contributed by atoms with van der Waals surface area (Å²) < 4.78 is 14.9. The Kier molecular flexibility index (Phi) is 9.06. The van der Waals surface area contributed by atoms with Crippen molar-refractivity contribution in [3.63, 3.8) is 0 Å². The quantitative estimate of drug-likeness (QED) is 0.319. The standard InChI is InChI=1S/C32H42FN9O2/c1-20-11-12-22(31(43)38-23-7-4-3-5-8-23)19-42(20)28-17-26(36-21(2)37-28)27-18-35-30(39-27)32(44)40-25-10-6-9-24(33)29(25)41-15-13-34-14-16-41/h6,9-10,17-18,20,22-23,34H,3-5,7-8,11-16,19H2,1-2H3,(H,35,39)(H,38,43)(H,40,44). The Balaban J connectivity index is 1.17. The zero-order valence-corrected chi connectivity index (χ0v) is 25.5. The number of rotatable bonds is 7. The Labute approximate surface area is 257 Å². The molecule has 234 valence electrons. The number of piperazine rings is 1. The zero-order chi connectivity index (χ0) is 30.6. The number of nitrogens with one attached hydrogen (secondary N) is 4. The molecule has 1 aromatic carbocycles. The molecule has 6 rings (SSSR count). The smallest absolute Gasteiger partial charge is 0.291 e. The first-order valence-corrected chi connectivity index (χ1v) is 15.9. The van der Waals surface area contributed by atoms with Crippen LogP contribution in [0.2, 0.25) is 0 Å². The minimum absolute atomic E-state index is 0.0942. The highest BCUT2D eigenvalue weighted by molar-refractivity contribution is 6.04. The van der Waals surface area contributed by atoms with E-state index in [4.69, 9.17) is 4.98 Å². The van der Waals surface area contributed by atoms with E-state index in [1.54, 1.807) is 18.3 Å². The van der Waals surface area contributed by atoms with Gasteiger partial charge in [0.25, 0.3) is 5.91 Å². The molecule has 11 nitrogen and oxygen atoms in total. The van der Waals surface area contributed by atoms with Crippen LogP contribution in [0.15, 0.2) is 30.5 Å². The number of aromatic nitrogens is 4. The molecule has 2 amide bonds. The molecule has 4 N–H and O–H groups in total. The van der Waals surface area contributed by atoms with Crippen molar-refractivity contribution in [3.05, 3.63) is 47.9 Å². The van der Waals surface area contributed by atoms with E-state index in [1.165, 1.54) is 25.3 Å². The van der Waals surface area contributed by atoms with Gasteiger partial charge in [-0.05, 0) is 51.7 Å². The summed E-state index contributed by atoms with van der Waals surface area (Å²) in [4.78, 5) is 47.3. The van der Waals surface area contributed by atoms with Gasteiger partial charge in [0.05, 0.1) is 34.9 Å². The topological polar surface area (TPSA) is 131 Å².